The van der Waals surface area contributed by atoms with E-state index in [9.17, 15) is 13.2 Å². The number of alkyl halides is 3. The summed E-state index contributed by atoms with van der Waals surface area (Å²) in [5.41, 5.74) is 1.02. The zero-order valence-corrected chi connectivity index (χ0v) is 16.6. The number of hydrogen-bond acceptors (Lipinski definition) is 5. The Morgan fingerprint density at radius 1 is 0.968 bits per heavy atom. The molecule has 0 spiro atoms. The van der Waals surface area contributed by atoms with Crippen LogP contribution < -0.4 is 10.1 Å². The summed E-state index contributed by atoms with van der Waals surface area (Å²) in [5, 5.41) is 4.00. The molecule has 158 valence electrons. The van der Waals surface area contributed by atoms with Crippen LogP contribution >= 0.6 is 0 Å². The molecule has 31 heavy (non-hydrogen) atoms. The van der Waals surface area contributed by atoms with Crippen molar-refractivity contribution in [2.45, 2.75) is 19.3 Å². The van der Waals surface area contributed by atoms with Crippen LogP contribution in [0.4, 0.5) is 13.2 Å². The maximum absolute atomic E-state index is 13.4. The van der Waals surface area contributed by atoms with Crippen LogP contribution in [0.2, 0.25) is 0 Å². The van der Waals surface area contributed by atoms with Crippen LogP contribution in [0.25, 0.3) is 22.2 Å². The maximum Gasteiger partial charge on any atom is 0.418 e. The summed E-state index contributed by atoms with van der Waals surface area (Å²) in [5.74, 6) is 1.33. The van der Waals surface area contributed by atoms with E-state index in [-0.39, 0.29) is 5.69 Å². The molecule has 0 fully saturated rings. The van der Waals surface area contributed by atoms with E-state index in [1.54, 1.807) is 31.5 Å². The lowest BCUT2D eigenvalue weighted by atomic mass is 10.0. The highest BCUT2D eigenvalue weighted by molar-refractivity contribution is 5.83. The Morgan fingerprint density at radius 3 is 2.61 bits per heavy atom. The number of fused-ring (bicyclic) bond motifs is 1. The van der Waals surface area contributed by atoms with Crippen molar-refractivity contribution in [1.82, 2.24) is 20.3 Å². The minimum absolute atomic E-state index is 0.119. The van der Waals surface area contributed by atoms with Gasteiger partial charge in [-0.1, -0.05) is 30.3 Å². The Hall–Kier alpha value is -3.52. The van der Waals surface area contributed by atoms with Crippen LogP contribution in [-0.4, -0.2) is 22.1 Å². The molecule has 0 unspecified atom stereocenters. The number of methoxy groups -OCH3 is 1. The molecular formula is C23H19F3N4O. The largest absolute Gasteiger partial charge is 0.496 e. The van der Waals surface area contributed by atoms with Crippen LogP contribution in [-0.2, 0) is 19.3 Å². The molecule has 8 heteroatoms. The molecule has 4 aromatic rings. The number of nitrogens with zero attached hydrogens (tertiary/aromatic N) is 3. The third-order valence-corrected chi connectivity index (χ3v) is 4.81. The zero-order chi connectivity index (χ0) is 21.8. The Labute approximate surface area is 177 Å². The molecule has 2 aromatic heterocycles. The van der Waals surface area contributed by atoms with Gasteiger partial charge in [-0.05, 0) is 24.3 Å². The van der Waals surface area contributed by atoms with Crippen LogP contribution in [0.1, 0.15) is 17.0 Å². The van der Waals surface area contributed by atoms with Gasteiger partial charge in [0.2, 0.25) is 0 Å². The van der Waals surface area contributed by atoms with Crippen LogP contribution in [0.15, 0.2) is 67.0 Å². The highest BCUT2D eigenvalue weighted by Crippen LogP contribution is 2.36. The first kappa shape index (κ1) is 20.7. The van der Waals surface area contributed by atoms with E-state index in [0.717, 1.165) is 22.8 Å². The van der Waals surface area contributed by atoms with Gasteiger partial charge in [0.1, 0.15) is 11.6 Å². The predicted octanol–water partition coefficient (Wildman–Crippen LogP) is 5.01. The quantitative estimate of drug-likeness (QED) is 0.472. The summed E-state index contributed by atoms with van der Waals surface area (Å²) in [6, 6.07) is 14.9. The number of benzene rings is 2. The number of halogens is 3. The van der Waals surface area contributed by atoms with Crippen molar-refractivity contribution in [2.75, 3.05) is 7.11 Å². The number of rotatable bonds is 6. The van der Waals surface area contributed by atoms with Gasteiger partial charge >= 0.3 is 6.18 Å². The highest BCUT2D eigenvalue weighted by Gasteiger charge is 2.34. The fraction of sp³-hybridized carbons (Fsp3) is 0.174. The van der Waals surface area contributed by atoms with Crippen molar-refractivity contribution < 1.29 is 17.9 Å². The van der Waals surface area contributed by atoms with Gasteiger partial charge in [-0.25, -0.2) is 9.97 Å². The number of nitrogens with one attached hydrogen (secondary N) is 1. The first-order valence-electron chi connectivity index (χ1n) is 9.56. The Balaban J connectivity index is 1.57. The van der Waals surface area contributed by atoms with Gasteiger partial charge in [-0.3, -0.25) is 4.98 Å². The standard InChI is InChI=1S/C23H19F3N4O/c1-31-20-7-3-2-5-17(20)12-27-14-21-29-13-16-9-8-15(11-19(16)30-21)22-18(23(24,25)26)6-4-10-28-22/h2-11,13,27H,12,14H2,1H3. The van der Waals surface area contributed by atoms with E-state index in [2.05, 4.69) is 20.3 Å². The lowest BCUT2D eigenvalue weighted by Crippen LogP contribution is -2.15. The maximum atomic E-state index is 13.4. The van der Waals surface area contributed by atoms with Crippen molar-refractivity contribution in [3.8, 4) is 17.0 Å². The average molecular weight is 424 g/mol. The summed E-state index contributed by atoms with van der Waals surface area (Å²) >= 11 is 0. The number of aromatic nitrogens is 3. The molecule has 0 aliphatic heterocycles. The van der Waals surface area contributed by atoms with Gasteiger partial charge in [-0.2, -0.15) is 13.2 Å². The number of pyridine rings is 1. The lowest BCUT2D eigenvalue weighted by Gasteiger charge is -2.12. The number of para-hydroxylation sites is 1. The van der Waals surface area contributed by atoms with E-state index in [1.807, 2.05) is 24.3 Å². The van der Waals surface area contributed by atoms with Gasteiger partial charge in [0.15, 0.2) is 0 Å². The SMILES string of the molecule is COc1ccccc1CNCc1ncc2ccc(-c3ncccc3C(F)(F)F)cc2n1. The predicted molar refractivity (Wildman–Crippen MR) is 111 cm³/mol. The van der Waals surface area contributed by atoms with Gasteiger partial charge in [0.25, 0.3) is 0 Å². The fourth-order valence-corrected chi connectivity index (χ4v) is 3.32. The second-order valence-corrected chi connectivity index (χ2v) is 6.87. The molecule has 5 nitrogen and oxygen atoms in total. The van der Waals surface area contributed by atoms with Crippen molar-refractivity contribution in [3.05, 3.63) is 83.9 Å². The summed E-state index contributed by atoms with van der Waals surface area (Å²) in [6.07, 6.45) is -1.48. The molecule has 1 N–H and O–H groups in total. The normalized spacial score (nSPS) is 11.6. The van der Waals surface area contributed by atoms with Crippen molar-refractivity contribution in [3.63, 3.8) is 0 Å². The molecule has 0 aliphatic rings. The smallest absolute Gasteiger partial charge is 0.418 e. The molecule has 0 bridgehead atoms. The van der Waals surface area contributed by atoms with Gasteiger partial charge in [0, 0.05) is 35.5 Å². The topological polar surface area (TPSA) is 59.9 Å². The summed E-state index contributed by atoms with van der Waals surface area (Å²) < 4.78 is 45.4. The monoisotopic (exact) mass is 424 g/mol. The summed E-state index contributed by atoms with van der Waals surface area (Å²) in [4.78, 5) is 12.8. The van der Waals surface area contributed by atoms with E-state index in [1.165, 1.54) is 12.3 Å². The van der Waals surface area contributed by atoms with Crippen molar-refractivity contribution in [2.24, 2.45) is 0 Å². The van der Waals surface area contributed by atoms with Crippen LogP contribution in [0, 0.1) is 0 Å². The van der Waals surface area contributed by atoms with E-state index < -0.39 is 11.7 Å². The first-order chi connectivity index (χ1) is 15.0. The molecule has 4 rings (SSSR count). The third kappa shape index (κ3) is 4.64. The highest BCUT2D eigenvalue weighted by atomic mass is 19.4. The molecule has 0 amide bonds. The second-order valence-electron chi connectivity index (χ2n) is 6.87. The van der Waals surface area contributed by atoms with Gasteiger partial charge in [0.05, 0.1) is 30.4 Å². The molecule has 0 saturated heterocycles. The minimum atomic E-state index is -4.49. The summed E-state index contributed by atoms with van der Waals surface area (Å²) in [6.45, 7) is 0.962. The second kappa shape index (κ2) is 8.69. The van der Waals surface area contributed by atoms with E-state index in [4.69, 9.17) is 4.74 Å². The van der Waals surface area contributed by atoms with Crippen molar-refractivity contribution >= 4 is 10.9 Å². The molecule has 0 saturated carbocycles. The lowest BCUT2D eigenvalue weighted by molar-refractivity contribution is -0.137. The number of hydrogen-bond donors (Lipinski definition) is 1. The Bertz CT molecular complexity index is 1210. The van der Waals surface area contributed by atoms with Crippen LogP contribution in [0.5, 0.6) is 5.75 Å². The molecule has 2 heterocycles. The average Bonchev–Trinajstić information content (AvgIpc) is 2.78. The first-order valence-corrected chi connectivity index (χ1v) is 9.56. The molecule has 2 aromatic carbocycles. The molecule has 0 aliphatic carbocycles. The van der Waals surface area contributed by atoms with Crippen LogP contribution in [0.3, 0.4) is 0 Å². The van der Waals surface area contributed by atoms with E-state index >= 15 is 0 Å². The molecular weight excluding hydrogens is 405 g/mol. The van der Waals surface area contributed by atoms with E-state index in [0.29, 0.717) is 30.0 Å². The minimum Gasteiger partial charge on any atom is -0.496 e. The number of ether oxygens (including phenoxy) is 1. The third-order valence-electron chi connectivity index (χ3n) is 4.81. The zero-order valence-electron chi connectivity index (χ0n) is 16.6. The van der Waals surface area contributed by atoms with Gasteiger partial charge < -0.3 is 10.1 Å². The molecule has 0 atom stereocenters. The van der Waals surface area contributed by atoms with Crippen molar-refractivity contribution in [1.29, 1.82) is 0 Å². The summed E-state index contributed by atoms with van der Waals surface area (Å²) in [7, 11) is 1.62. The fourth-order valence-electron chi connectivity index (χ4n) is 3.32. The van der Waals surface area contributed by atoms with Gasteiger partial charge in [-0.15, -0.1) is 0 Å². The molecule has 0 radical (unpaired) electrons. The Kier molecular flexibility index (Phi) is 5.81. The Morgan fingerprint density at radius 2 is 1.81 bits per heavy atom.